The minimum absolute atomic E-state index is 0.350. The number of anilines is 1. The van der Waals surface area contributed by atoms with E-state index in [-0.39, 0.29) is 5.91 Å². The first-order valence-electron chi connectivity index (χ1n) is 10.5. The predicted octanol–water partition coefficient (Wildman–Crippen LogP) is 3.39. The van der Waals surface area contributed by atoms with Crippen molar-refractivity contribution in [3.63, 3.8) is 0 Å². The van der Waals surface area contributed by atoms with Gasteiger partial charge in [-0.05, 0) is 69.5 Å². The van der Waals surface area contributed by atoms with Crippen LogP contribution in [0.25, 0.3) is 0 Å². The van der Waals surface area contributed by atoms with Gasteiger partial charge in [-0.3, -0.25) is 9.10 Å². The molecular formula is C23H32N2O5S. The van der Waals surface area contributed by atoms with Crippen LogP contribution in [0.4, 0.5) is 5.69 Å². The summed E-state index contributed by atoms with van der Waals surface area (Å²) < 4.78 is 37.0. The topological polar surface area (TPSA) is 84.9 Å². The number of para-hydroxylation sites is 1. The number of sulfonamides is 1. The highest BCUT2D eigenvalue weighted by molar-refractivity contribution is 7.92. The lowest BCUT2D eigenvalue weighted by Crippen LogP contribution is -2.48. The maximum absolute atomic E-state index is 12.7. The summed E-state index contributed by atoms with van der Waals surface area (Å²) in [7, 11) is -3.66. The van der Waals surface area contributed by atoms with Crippen LogP contribution in [0.3, 0.4) is 0 Å². The average Bonchev–Trinajstić information content (AvgIpc) is 2.73. The molecule has 0 heterocycles. The minimum Gasteiger partial charge on any atom is -0.494 e. The molecule has 0 aliphatic heterocycles. The highest BCUT2D eigenvalue weighted by Crippen LogP contribution is 2.24. The van der Waals surface area contributed by atoms with Crippen molar-refractivity contribution >= 4 is 21.6 Å². The van der Waals surface area contributed by atoms with E-state index in [0.717, 1.165) is 28.3 Å². The molecule has 1 amide bonds. The van der Waals surface area contributed by atoms with E-state index < -0.39 is 16.1 Å². The lowest BCUT2D eigenvalue weighted by atomic mass is 10.1. The fraction of sp³-hybridized carbons (Fsp3) is 0.435. The Morgan fingerprint density at radius 1 is 1.03 bits per heavy atom. The van der Waals surface area contributed by atoms with Crippen molar-refractivity contribution in [2.75, 3.05) is 30.3 Å². The van der Waals surface area contributed by atoms with Crippen LogP contribution in [0.2, 0.25) is 0 Å². The van der Waals surface area contributed by atoms with Gasteiger partial charge in [-0.15, -0.1) is 0 Å². The zero-order valence-electron chi connectivity index (χ0n) is 18.6. The van der Waals surface area contributed by atoms with E-state index in [9.17, 15) is 13.2 Å². The summed E-state index contributed by atoms with van der Waals surface area (Å²) in [6, 6.07) is 13.6. The van der Waals surface area contributed by atoms with Gasteiger partial charge in [0.05, 0.1) is 25.2 Å². The largest absolute Gasteiger partial charge is 0.494 e. The third kappa shape index (κ3) is 7.17. The van der Waals surface area contributed by atoms with Crippen LogP contribution in [0.15, 0.2) is 48.5 Å². The zero-order chi connectivity index (χ0) is 22.9. The Hall–Kier alpha value is -2.74. The SMILES string of the molecule is CCOc1ccc(N([C@H](C)C(=O)NCCCc2ccccc2OCC)S(C)(=O)=O)cc1. The summed E-state index contributed by atoms with van der Waals surface area (Å²) in [5.41, 5.74) is 1.50. The number of aryl methyl sites for hydroxylation is 1. The molecule has 2 aromatic carbocycles. The summed E-state index contributed by atoms with van der Waals surface area (Å²) in [4.78, 5) is 12.7. The lowest BCUT2D eigenvalue weighted by molar-refractivity contribution is -0.121. The Balaban J connectivity index is 1.99. The third-order valence-electron chi connectivity index (χ3n) is 4.69. The van der Waals surface area contributed by atoms with Crippen LogP contribution < -0.4 is 19.1 Å². The number of hydrogen-bond donors (Lipinski definition) is 1. The van der Waals surface area contributed by atoms with Crippen molar-refractivity contribution in [2.24, 2.45) is 0 Å². The molecule has 0 saturated heterocycles. The summed E-state index contributed by atoms with van der Waals surface area (Å²) in [6.07, 6.45) is 2.56. The number of carbonyl (C=O) groups excluding carboxylic acids is 1. The van der Waals surface area contributed by atoms with Gasteiger partial charge in [0.1, 0.15) is 17.5 Å². The van der Waals surface area contributed by atoms with E-state index >= 15 is 0 Å². The third-order valence-corrected chi connectivity index (χ3v) is 5.93. The van der Waals surface area contributed by atoms with E-state index in [1.165, 1.54) is 0 Å². The normalized spacial score (nSPS) is 12.1. The van der Waals surface area contributed by atoms with Crippen molar-refractivity contribution in [1.82, 2.24) is 5.32 Å². The van der Waals surface area contributed by atoms with Crippen LogP contribution in [0, 0.1) is 0 Å². The standard InChI is InChI=1S/C23H32N2O5S/c1-5-29-21-15-13-20(14-16-21)25(31(4,27)28)18(3)23(26)24-17-9-11-19-10-7-8-12-22(19)30-6-2/h7-8,10,12-16,18H,5-6,9,11,17H2,1-4H3,(H,24,26)/t18-/m1/s1. The van der Waals surface area contributed by atoms with Crippen molar-refractivity contribution in [3.8, 4) is 11.5 Å². The summed E-state index contributed by atoms with van der Waals surface area (Å²) >= 11 is 0. The lowest BCUT2D eigenvalue weighted by Gasteiger charge is -2.28. The molecule has 0 bridgehead atoms. The van der Waals surface area contributed by atoms with Crippen LogP contribution in [-0.2, 0) is 21.2 Å². The molecule has 8 heteroatoms. The number of hydrogen-bond acceptors (Lipinski definition) is 5. The van der Waals surface area contributed by atoms with Crippen LogP contribution in [0.1, 0.15) is 32.8 Å². The van der Waals surface area contributed by atoms with E-state index in [0.29, 0.717) is 37.6 Å². The van der Waals surface area contributed by atoms with Crippen LogP contribution in [-0.4, -0.2) is 46.4 Å². The highest BCUT2D eigenvalue weighted by Gasteiger charge is 2.28. The maximum atomic E-state index is 12.7. The van der Waals surface area contributed by atoms with Gasteiger partial charge in [-0.1, -0.05) is 18.2 Å². The molecule has 7 nitrogen and oxygen atoms in total. The molecule has 2 rings (SSSR count). The average molecular weight is 449 g/mol. The Kier molecular flexibility index (Phi) is 9.18. The Labute approximate surface area is 185 Å². The second kappa shape index (κ2) is 11.6. The Bertz CT molecular complexity index is 945. The molecule has 31 heavy (non-hydrogen) atoms. The first kappa shape index (κ1) is 24.5. The van der Waals surface area contributed by atoms with Crippen molar-refractivity contribution in [2.45, 2.75) is 39.7 Å². The number of carbonyl (C=O) groups is 1. The number of amides is 1. The van der Waals surface area contributed by atoms with E-state index in [2.05, 4.69) is 5.32 Å². The molecule has 0 aliphatic rings. The fourth-order valence-electron chi connectivity index (χ4n) is 3.31. The Morgan fingerprint density at radius 3 is 2.29 bits per heavy atom. The molecule has 0 radical (unpaired) electrons. The van der Waals surface area contributed by atoms with E-state index in [4.69, 9.17) is 9.47 Å². The molecule has 0 aliphatic carbocycles. The van der Waals surface area contributed by atoms with E-state index in [1.54, 1.807) is 31.2 Å². The summed E-state index contributed by atoms with van der Waals surface area (Å²) in [5.74, 6) is 1.14. The number of nitrogens with zero attached hydrogens (tertiary/aromatic N) is 1. The van der Waals surface area contributed by atoms with Crippen LogP contribution in [0.5, 0.6) is 11.5 Å². The Morgan fingerprint density at radius 2 is 1.68 bits per heavy atom. The number of rotatable bonds is 12. The molecule has 0 saturated carbocycles. The van der Waals surface area contributed by atoms with Gasteiger partial charge in [-0.2, -0.15) is 0 Å². The van der Waals surface area contributed by atoms with Gasteiger partial charge in [-0.25, -0.2) is 8.42 Å². The van der Waals surface area contributed by atoms with Crippen molar-refractivity contribution < 1.29 is 22.7 Å². The van der Waals surface area contributed by atoms with Crippen molar-refractivity contribution in [1.29, 1.82) is 0 Å². The maximum Gasteiger partial charge on any atom is 0.243 e. The van der Waals surface area contributed by atoms with Gasteiger partial charge in [0.15, 0.2) is 0 Å². The molecule has 1 N–H and O–H groups in total. The van der Waals surface area contributed by atoms with Gasteiger partial charge >= 0.3 is 0 Å². The molecular weight excluding hydrogens is 416 g/mol. The first-order valence-corrected chi connectivity index (χ1v) is 12.3. The molecule has 170 valence electrons. The molecule has 0 fully saturated rings. The summed E-state index contributed by atoms with van der Waals surface area (Å²) in [6.45, 7) is 6.94. The fourth-order valence-corrected chi connectivity index (χ4v) is 4.48. The number of ether oxygens (including phenoxy) is 2. The van der Waals surface area contributed by atoms with Gasteiger partial charge in [0.2, 0.25) is 15.9 Å². The zero-order valence-corrected chi connectivity index (χ0v) is 19.4. The van der Waals surface area contributed by atoms with Crippen LogP contribution >= 0.6 is 0 Å². The predicted molar refractivity (Wildman–Crippen MR) is 123 cm³/mol. The van der Waals surface area contributed by atoms with Gasteiger partial charge < -0.3 is 14.8 Å². The smallest absolute Gasteiger partial charge is 0.243 e. The number of nitrogens with one attached hydrogen (secondary N) is 1. The molecule has 2 aromatic rings. The number of benzene rings is 2. The molecule has 1 atom stereocenters. The molecule has 0 aromatic heterocycles. The first-order chi connectivity index (χ1) is 14.8. The quantitative estimate of drug-likeness (QED) is 0.503. The molecule has 0 unspecified atom stereocenters. The monoisotopic (exact) mass is 448 g/mol. The summed E-state index contributed by atoms with van der Waals surface area (Å²) in [5, 5.41) is 2.85. The van der Waals surface area contributed by atoms with Gasteiger partial charge in [0.25, 0.3) is 0 Å². The van der Waals surface area contributed by atoms with Crippen molar-refractivity contribution in [3.05, 3.63) is 54.1 Å². The second-order valence-corrected chi connectivity index (χ2v) is 8.96. The molecule has 0 spiro atoms. The van der Waals surface area contributed by atoms with Gasteiger partial charge in [0, 0.05) is 6.54 Å². The minimum atomic E-state index is -3.66. The highest BCUT2D eigenvalue weighted by atomic mass is 32.2. The van der Waals surface area contributed by atoms with E-state index in [1.807, 2.05) is 38.1 Å². The second-order valence-electron chi connectivity index (χ2n) is 7.10.